The van der Waals surface area contributed by atoms with Crippen molar-refractivity contribution in [1.82, 2.24) is 0 Å². The molecule has 0 aliphatic heterocycles. The lowest BCUT2D eigenvalue weighted by Gasteiger charge is -2.05. The molecule has 0 bridgehead atoms. The van der Waals surface area contributed by atoms with E-state index in [1.165, 1.54) is 0 Å². The lowest BCUT2D eigenvalue weighted by atomic mass is 10.1. The van der Waals surface area contributed by atoms with Gasteiger partial charge in [-0.2, -0.15) is 5.11 Å². The van der Waals surface area contributed by atoms with Gasteiger partial charge in [-0.25, -0.2) is 0 Å². The first kappa shape index (κ1) is 17.8. The molecule has 4 aromatic rings. The molecule has 3 aromatic carbocycles. The zero-order chi connectivity index (χ0) is 19.5. The van der Waals surface area contributed by atoms with Gasteiger partial charge in [0.15, 0.2) is 5.69 Å². The standard InChI is InChI=1S/C23H20N2O3/c1-3-27-20-10-9-16-12-18(8-7-17(16)13-20)22-14-21(23(26)28-22)25-24-19-6-4-5-15(2)11-19/h4-14,26H,3H2,1-2H3. The van der Waals surface area contributed by atoms with Crippen LogP contribution in [0.5, 0.6) is 11.7 Å². The zero-order valence-electron chi connectivity index (χ0n) is 15.7. The summed E-state index contributed by atoms with van der Waals surface area (Å²) in [5.74, 6) is 1.13. The maximum absolute atomic E-state index is 10.1. The van der Waals surface area contributed by atoms with Crippen LogP contribution in [0.25, 0.3) is 22.1 Å². The summed E-state index contributed by atoms with van der Waals surface area (Å²) in [6.07, 6.45) is 0. The minimum absolute atomic E-state index is 0.252. The second-order valence-corrected chi connectivity index (χ2v) is 6.50. The molecule has 0 aliphatic carbocycles. The minimum Gasteiger partial charge on any atom is -0.494 e. The van der Waals surface area contributed by atoms with E-state index in [1.54, 1.807) is 6.07 Å². The predicted molar refractivity (Wildman–Crippen MR) is 110 cm³/mol. The van der Waals surface area contributed by atoms with Crippen molar-refractivity contribution in [3.05, 3.63) is 72.3 Å². The molecule has 0 saturated carbocycles. The summed E-state index contributed by atoms with van der Waals surface area (Å²) in [6, 6.07) is 21.3. The van der Waals surface area contributed by atoms with Crippen LogP contribution in [0.3, 0.4) is 0 Å². The molecule has 0 amide bonds. The molecule has 0 spiro atoms. The van der Waals surface area contributed by atoms with Gasteiger partial charge in [0.25, 0.3) is 0 Å². The molecule has 1 N–H and O–H groups in total. The molecule has 5 heteroatoms. The lowest BCUT2D eigenvalue weighted by molar-refractivity contribution is 0.339. The number of ether oxygens (including phenoxy) is 1. The molecule has 0 aliphatic rings. The smallest absolute Gasteiger partial charge is 0.311 e. The molecule has 5 nitrogen and oxygen atoms in total. The number of nitrogens with zero attached hydrogens (tertiary/aromatic N) is 2. The highest BCUT2D eigenvalue weighted by molar-refractivity contribution is 5.88. The van der Waals surface area contributed by atoms with Gasteiger partial charge in [0, 0.05) is 11.6 Å². The number of azo groups is 1. The Balaban J connectivity index is 1.63. The summed E-state index contributed by atoms with van der Waals surface area (Å²) in [5.41, 5.74) is 2.96. The van der Waals surface area contributed by atoms with Crippen molar-refractivity contribution in [1.29, 1.82) is 0 Å². The van der Waals surface area contributed by atoms with Crippen LogP contribution < -0.4 is 4.74 Å². The maximum Gasteiger partial charge on any atom is 0.311 e. The van der Waals surface area contributed by atoms with Gasteiger partial charge in [0.05, 0.1) is 12.3 Å². The molecule has 1 heterocycles. The van der Waals surface area contributed by atoms with Crippen LogP contribution >= 0.6 is 0 Å². The van der Waals surface area contributed by atoms with Crippen LogP contribution in [0.1, 0.15) is 12.5 Å². The Labute approximate surface area is 162 Å². The second kappa shape index (κ2) is 7.56. The average molecular weight is 372 g/mol. The van der Waals surface area contributed by atoms with Gasteiger partial charge in [-0.3, -0.25) is 0 Å². The Morgan fingerprint density at radius 1 is 0.929 bits per heavy atom. The Hall–Kier alpha value is -3.60. The van der Waals surface area contributed by atoms with E-state index in [0.717, 1.165) is 33.3 Å². The van der Waals surface area contributed by atoms with E-state index in [4.69, 9.17) is 9.15 Å². The third kappa shape index (κ3) is 3.74. The van der Waals surface area contributed by atoms with Crippen molar-refractivity contribution in [3.8, 4) is 23.0 Å². The molecular weight excluding hydrogens is 352 g/mol. The molecule has 0 fully saturated rings. The topological polar surface area (TPSA) is 67.3 Å². The molecular formula is C23H20N2O3. The summed E-state index contributed by atoms with van der Waals surface area (Å²) in [6.45, 7) is 4.59. The van der Waals surface area contributed by atoms with Gasteiger partial charge in [-0.05, 0) is 60.5 Å². The Morgan fingerprint density at radius 2 is 1.75 bits per heavy atom. The minimum atomic E-state index is -0.252. The van der Waals surface area contributed by atoms with Crippen molar-refractivity contribution in [2.24, 2.45) is 10.2 Å². The van der Waals surface area contributed by atoms with Gasteiger partial charge >= 0.3 is 5.95 Å². The normalized spacial score (nSPS) is 11.4. The summed E-state index contributed by atoms with van der Waals surface area (Å²) in [4.78, 5) is 0. The number of hydrogen-bond donors (Lipinski definition) is 1. The number of benzene rings is 3. The van der Waals surface area contributed by atoms with Gasteiger partial charge < -0.3 is 14.3 Å². The summed E-state index contributed by atoms with van der Waals surface area (Å²) >= 11 is 0. The van der Waals surface area contributed by atoms with Crippen LogP contribution in [-0.2, 0) is 0 Å². The van der Waals surface area contributed by atoms with Crippen molar-refractivity contribution < 1.29 is 14.3 Å². The highest BCUT2D eigenvalue weighted by Gasteiger charge is 2.12. The first-order chi connectivity index (χ1) is 13.6. The molecule has 0 saturated heterocycles. The third-order valence-electron chi connectivity index (χ3n) is 4.38. The quantitative estimate of drug-likeness (QED) is 0.386. The third-order valence-corrected chi connectivity index (χ3v) is 4.38. The number of rotatable bonds is 5. The van der Waals surface area contributed by atoms with E-state index in [9.17, 15) is 5.11 Å². The van der Waals surface area contributed by atoms with E-state index in [2.05, 4.69) is 10.2 Å². The van der Waals surface area contributed by atoms with Crippen LogP contribution in [0, 0.1) is 6.92 Å². The average Bonchev–Trinajstić information content (AvgIpc) is 3.07. The van der Waals surface area contributed by atoms with Gasteiger partial charge in [-0.15, -0.1) is 5.11 Å². The molecule has 0 radical (unpaired) electrons. The highest BCUT2D eigenvalue weighted by Crippen LogP contribution is 2.38. The molecule has 0 atom stereocenters. The van der Waals surface area contributed by atoms with Crippen molar-refractivity contribution >= 4 is 22.1 Å². The predicted octanol–water partition coefficient (Wildman–Crippen LogP) is 6.93. The Bertz CT molecular complexity index is 1160. The van der Waals surface area contributed by atoms with Crippen molar-refractivity contribution in [3.63, 3.8) is 0 Å². The number of hydrogen-bond acceptors (Lipinski definition) is 5. The molecule has 0 unspecified atom stereocenters. The molecule has 140 valence electrons. The lowest BCUT2D eigenvalue weighted by Crippen LogP contribution is -1.90. The molecule has 4 rings (SSSR count). The van der Waals surface area contributed by atoms with E-state index in [-0.39, 0.29) is 5.95 Å². The van der Waals surface area contributed by atoms with Crippen LogP contribution in [0.2, 0.25) is 0 Å². The van der Waals surface area contributed by atoms with Gasteiger partial charge in [-0.1, -0.05) is 30.3 Å². The second-order valence-electron chi connectivity index (χ2n) is 6.50. The summed E-state index contributed by atoms with van der Waals surface area (Å²) < 4.78 is 11.0. The van der Waals surface area contributed by atoms with Crippen molar-refractivity contribution in [2.75, 3.05) is 6.61 Å². The monoisotopic (exact) mass is 372 g/mol. The van der Waals surface area contributed by atoms with E-state index in [0.29, 0.717) is 18.1 Å². The fourth-order valence-corrected chi connectivity index (χ4v) is 3.02. The fourth-order valence-electron chi connectivity index (χ4n) is 3.02. The number of fused-ring (bicyclic) bond motifs is 1. The number of aryl methyl sites for hydroxylation is 1. The fraction of sp³-hybridized carbons (Fsp3) is 0.130. The first-order valence-corrected chi connectivity index (χ1v) is 9.10. The van der Waals surface area contributed by atoms with Gasteiger partial charge in [0.1, 0.15) is 11.5 Å². The largest absolute Gasteiger partial charge is 0.494 e. The Morgan fingerprint density at radius 3 is 2.57 bits per heavy atom. The van der Waals surface area contributed by atoms with Gasteiger partial charge in [0.2, 0.25) is 0 Å². The molecule has 28 heavy (non-hydrogen) atoms. The summed E-state index contributed by atoms with van der Waals surface area (Å²) in [5, 5.41) is 20.5. The van der Waals surface area contributed by atoms with E-state index < -0.39 is 0 Å². The highest BCUT2D eigenvalue weighted by atomic mass is 16.5. The Kier molecular flexibility index (Phi) is 4.81. The van der Waals surface area contributed by atoms with Crippen LogP contribution in [0.15, 0.2) is 81.4 Å². The van der Waals surface area contributed by atoms with E-state index >= 15 is 0 Å². The number of furan rings is 1. The molecule has 1 aromatic heterocycles. The summed E-state index contributed by atoms with van der Waals surface area (Å²) in [7, 11) is 0. The number of aromatic hydroxyl groups is 1. The van der Waals surface area contributed by atoms with Crippen molar-refractivity contribution in [2.45, 2.75) is 13.8 Å². The van der Waals surface area contributed by atoms with E-state index in [1.807, 2.05) is 74.5 Å². The van der Waals surface area contributed by atoms with Crippen LogP contribution in [-0.4, -0.2) is 11.7 Å². The maximum atomic E-state index is 10.1. The SMILES string of the molecule is CCOc1ccc2cc(-c3cc(N=Nc4cccc(C)c4)c(O)o3)ccc2c1. The first-order valence-electron chi connectivity index (χ1n) is 9.10. The van der Waals surface area contributed by atoms with Crippen LogP contribution in [0.4, 0.5) is 11.4 Å². The zero-order valence-corrected chi connectivity index (χ0v) is 15.7.